The molecule has 0 saturated carbocycles. The maximum absolute atomic E-state index is 5.75. The molecule has 0 aliphatic carbocycles. The standard InChI is InChI=1S/C17H23N3/c1-11-5-7-15(9-12(11)2)10-17(20-18)16-8-6-13(3)19-14(16)4/h5-9,17,20H,10,18H2,1-4H3. The van der Waals surface area contributed by atoms with Crippen LogP contribution in [0.2, 0.25) is 0 Å². The van der Waals surface area contributed by atoms with Crippen molar-refractivity contribution in [2.45, 2.75) is 40.2 Å². The summed E-state index contributed by atoms with van der Waals surface area (Å²) in [5, 5.41) is 0. The number of hydrogen-bond acceptors (Lipinski definition) is 3. The monoisotopic (exact) mass is 269 g/mol. The Morgan fingerprint density at radius 1 is 1.05 bits per heavy atom. The molecular formula is C17H23N3. The third kappa shape index (κ3) is 3.24. The van der Waals surface area contributed by atoms with Crippen LogP contribution in [0, 0.1) is 27.7 Å². The Hall–Kier alpha value is -1.71. The van der Waals surface area contributed by atoms with Gasteiger partial charge >= 0.3 is 0 Å². The van der Waals surface area contributed by atoms with Gasteiger partial charge in [0.15, 0.2) is 0 Å². The van der Waals surface area contributed by atoms with Crippen molar-refractivity contribution in [2.24, 2.45) is 5.84 Å². The highest BCUT2D eigenvalue weighted by Gasteiger charge is 2.14. The highest BCUT2D eigenvalue weighted by atomic mass is 15.2. The Labute approximate surface area is 121 Å². The fourth-order valence-corrected chi connectivity index (χ4v) is 2.49. The Balaban J connectivity index is 2.26. The molecule has 1 atom stereocenters. The number of rotatable bonds is 4. The van der Waals surface area contributed by atoms with Gasteiger partial charge in [-0.05, 0) is 62.4 Å². The molecule has 2 rings (SSSR count). The van der Waals surface area contributed by atoms with Crippen LogP contribution in [0.15, 0.2) is 30.3 Å². The van der Waals surface area contributed by atoms with Crippen LogP contribution < -0.4 is 11.3 Å². The summed E-state index contributed by atoms with van der Waals surface area (Å²) in [6, 6.07) is 10.8. The fourth-order valence-electron chi connectivity index (χ4n) is 2.49. The van der Waals surface area contributed by atoms with E-state index in [0.717, 1.165) is 23.4 Å². The lowest BCUT2D eigenvalue weighted by molar-refractivity contribution is 0.546. The number of hydrazine groups is 1. The largest absolute Gasteiger partial charge is 0.271 e. The van der Waals surface area contributed by atoms with Crippen LogP contribution in [0.4, 0.5) is 0 Å². The van der Waals surface area contributed by atoms with Crippen molar-refractivity contribution >= 4 is 0 Å². The van der Waals surface area contributed by atoms with Crippen molar-refractivity contribution in [2.75, 3.05) is 0 Å². The molecule has 0 bridgehead atoms. The maximum atomic E-state index is 5.75. The molecule has 0 spiro atoms. The molecule has 3 heteroatoms. The third-order valence-electron chi connectivity index (χ3n) is 3.85. The zero-order chi connectivity index (χ0) is 14.7. The van der Waals surface area contributed by atoms with Gasteiger partial charge < -0.3 is 0 Å². The molecule has 1 aromatic carbocycles. The smallest absolute Gasteiger partial charge is 0.0518 e. The summed E-state index contributed by atoms with van der Waals surface area (Å²) in [6.07, 6.45) is 0.864. The minimum Gasteiger partial charge on any atom is -0.271 e. The van der Waals surface area contributed by atoms with Gasteiger partial charge in [-0.1, -0.05) is 24.3 Å². The number of hydrogen-bond donors (Lipinski definition) is 2. The van der Waals surface area contributed by atoms with Gasteiger partial charge in [-0.25, -0.2) is 0 Å². The van der Waals surface area contributed by atoms with Gasteiger partial charge in [-0.3, -0.25) is 16.3 Å². The molecule has 0 aliphatic rings. The minimum atomic E-state index is 0.0882. The van der Waals surface area contributed by atoms with Gasteiger partial charge in [0.25, 0.3) is 0 Å². The number of nitrogens with one attached hydrogen (secondary N) is 1. The first-order valence-corrected chi connectivity index (χ1v) is 6.97. The van der Waals surface area contributed by atoms with Crippen molar-refractivity contribution in [1.29, 1.82) is 0 Å². The van der Waals surface area contributed by atoms with Crippen LogP contribution >= 0.6 is 0 Å². The van der Waals surface area contributed by atoms with E-state index in [4.69, 9.17) is 5.84 Å². The fraction of sp³-hybridized carbons (Fsp3) is 0.353. The second kappa shape index (κ2) is 6.16. The lowest BCUT2D eigenvalue weighted by atomic mass is 9.96. The van der Waals surface area contributed by atoms with Gasteiger partial charge in [-0.2, -0.15) is 0 Å². The normalized spacial score (nSPS) is 12.4. The summed E-state index contributed by atoms with van der Waals surface area (Å²) < 4.78 is 0. The van der Waals surface area contributed by atoms with E-state index in [2.05, 4.69) is 48.5 Å². The number of benzene rings is 1. The van der Waals surface area contributed by atoms with Gasteiger partial charge in [0.2, 0.25) is 0 Å². The van der Waals surface area contributed by atoms with Crippen LogP contribution in [-0.4, -0.2) is 4.98 Å². The van der Waals surface area contributed by atoms with E-state index in [9.17, 15) is 0 Å². The maximum Gasteiger partial charge on any atom is 0.0518 e. The van der Waals surface area contributed by atoms with Crippen LogP contribution in [0.25, 0.3) is 0 Å². The van der Waals surface area contributed by atoms with Crippen LogP contribution in [0.1, 0.15) is 39.7 Å². The molecular weight excluding hydrogens is 246 g/mol. The SMILES string of the molecule is Cc1ccc(C(Cc2ccc(C)c(C)c2)NN)c(C)n1. The molecule has 0 fully saturated rings. The van der Waals surface area contributed by atoms with Crippen LogP contribution in [0.5, 0.6) is 0 Å². The molecule has 1 heterocycles. The first-order valence-electron chi connectivity index (χ1n) is 6.97. The molecule has 2 aromatic rings. The van der Waals surface area contributed by atoms with Crippen LogP contribution in [-0.2, 0) is 6.42 Å². The van der Waals surface area contributed by atoms with Gasteiger partial charge in [0.1, 0.15) is 0 Å². The second-order valence-corrected chi connectivity index (χ2v) is 5.47. The number of pyridine rings is 1. The molecule has 106 valence electrons. The lowest BCUT2D eigenvalue weighted by Crippen LogP contribution is -2.30. The van der Waals surface area contributed by atoms with Gasteiger partial charge in [-0.15, -0.1) is 0 Å². The lowest BCUT2D eigenvalue weighted by Gasteiger charge is -2.19. The van der Waals surface area contributed by atoms with E-state index in [1.54, 1.807) is 0 Å². The Morgan fingerprint density at radius 3 is 2.40 bits per heavy atom. The van der Waals surface area contributed by atoms with Crippen molar-refractivity contribution < 1.29 is 0 Å². The van der Waals surface area contributed by atoms with Crippen molar-refractivity contribution in [3.05, 3.63) is 64.0 Å². The molecule has 3 nitrogen and oxygen atoms in total. The van der Waals surface area contributed by atoms with E-state index >= 15 is 0 Å². The summed E-state index contributed by atoms with van der Waals surface area (Å²) in [7, 11) is 0. The molecule has 1 aromatic heterocycles. The first kappa shape index (κ1) is 14.7. The summed E-state index contributed by atoms with van der Waals surface area (Å²) in [6.45, 7) is 8.31. The Kier molecular flexibility index (Phi) is 4.53. The average Bonchev–Trinajstić information content (AvgIpc) is 2.41. The highest BCUT2D eigenvalue weighted by Crippen LogP contribution is 2.21. The summed E-state index contributed by atoms with van der Waals surface area (Å²) in [4.78, 5) is 4.52. The topological polar surface area (TPSA) is 50.9 Å². The summed E-state index contributed by atoms with van der Waals surface area (Å²) in [5.74, 6) is 5.75. The second-order valence-electron chi connectivity index (χ2n) is 5.47. The first-order chi connectivity index (χ1) is 9.51. The molecule has 0 amide bonds. The molecule has 0 aliphatic heterocycles. The number of nitrogens with zero attached hydrogens (tertiary/aromatic N) is 1. The van der Waals surface area contributed by atoms with E-state index in [1.807, 2.05) is 19.9 Å². The van der Waals surface area contributed by atoms with E-state index in [0.29, 0.717) is 0 Å². The van der Waals surface area contributed by atoms with Gasteiger partial charge in [0, 0.05) is 11.4 Å². The van der Waals surface area contributed by atoms with Crippen molar-refractivity contribution in [3.8, 4) is 0 Å². The van der Waals surface area contributed by atoms with E-state index < -0.39 is 0 Å². The minimum absolute atomic E-state index is 0.0882. The van der Waals surface area contributed by atoms with E-state index in [-0.39, 0.29) is 6.04 Å². The number of nitrogens with two attached hydrogens (primary N) is 1. The summed E-state index contributed by atoms with van der Waals surface area (Å²) >= 11 is 0. The molecule has 0 saturated heterocycles. The van der Waals surface area contributed by atoms with Crippen molar-refractivity contribution in [1.82, 2.24) is 10.4 Å². The number of aromatic nitrogens is 1. The Bertz CT molecular complexity index is 605. The molecule has 0 radical (unpaired) electrons. The average molecular weight is 269 g/mol. The zero-order valence-electron chi connectivity index (χ0n) is 12.7. The molecule has 3 N–H and O–H groups in total. The Morgan fingerprint density at radius 2 is 1.80 bits per heavy atom. The predicted molar refractivity (Wildman–Crippen MR) is 83.4 cm³/mol. The predicted octanol–water partition coefficient (Wildman–Crippen LogP) is 3.06. The van der Waals surface area contributed by atoms with Gasteiger partial charge in [0.05, 0.1) is 6.04 Å². The highest BCUT2D eigenvalue weighted by molar-refractivity contribution is 5.32. The zero-order valence-corrected chi connectivity index (χ0v) is 12.7. The third-order valence-corrected chi connectivity index (χ3v) is 3.85. The summed E-state index contributed by atoms with van der Waals surface area (Å²) in [5.41, 5.74) is 10.1. The van der Waals surface area contributed by atoms with Crippen LogP contribution in [0.3, 0.4) is 0 Å². The number of aryl methyl sites for hydroxylation is 4. The molecule has 20 heavy (non-hydrogen) atoms. The molecule has 1 unspecified atom stereocenters. The van der Waals surface area contributed by atoms with Crippen molar-refractivity contribution in [3.63, 3.8) is 0 Å². The quantitative estimate of drug-likeness (QED) is 0.662. The van der Waals surface area contributed by atoms with E-state index in [1.165, 1.54) is 16.7 Å².